The van der Waals surface area contributed by atoms with Crippen molar-refractivity contribution in [2.45, 2.75) is 36.6 Å². The van der Waals surface area contributed by atoms with E-state index in [1.54, 1.807) is 23.1 Å². The summed E-state index contributed by atoms with van der Waals surface area (Å²) in [7, 11) is 0. The zero-order valence-electron chi connectivity index (χ0n) is 16.6. The molecule has 0 spiro atoms. The van der Waals surface area contributed by atoms with E-state index in [9.17, 15) is 0 Å². The van der Waals surface area contributed by atoms with Crippen LogP contribution in [0.2, 0.25) is 0 Å². The number of thiophene rings is 1. The van der Waals surface area contributed by atoms with E-state index in [4.69, 9.17) is 4.42 Å². The molecule has 1 saturated heterocycles. The van der Waals surface area contributed by atoms with Crippen LogP contribution >= 0.6 is 23.1 Å². The molecule has 1 atom stereocenters. The second kappa shape index (κ2) is 8.61. The van der Waals surface area contributed by atoms with E-state index in [0.29, 0.717) is 11.8 Å². The van der Waals surface area contributed by atoms with Crippen LogP contribution in [0.3, 0.4) is 0 Å². The number of thioether (sulfide) groups is 1. The zero-order valence-corrected chi connectivity index (χ0v) is 18.3. The predicted octanol–water partition coefficient (Wildman–Crippen LogP) is 5.22. The minimum Gasteiger partial charge on any atom is -0.419 e. The van der Waals surface area contributed by atoms with E-state index in [1.807, 2.05) is 35.7 Å². The van der Waals surface area contributed by atoms with Crippen molar-refractivity contribution >= 4 is 29.0 Å². The Kier molecular flexibility index (Phi) is 5.54. The SMILES string of the molecule is C[C@H](Sc1nnc(N2CCCCC2)n1-c1ccccc1)c1nnc(-c2cccs2)o1. The molecule has 4 aromatic rings. The van der Waals surface area contributed by atoms with Gasteiger partial charge in [-0.1, -0.05) is 36.0 Å². The van der Waals surface area contributed by atoms with Crippen LogP contribution in [0.15, 0.2) is 57.4 Å². The third-order valence-electron chi connectivity index (χ3n) is 5.07. The van der Waals surface area contributed by atoms with E-state index < -0.39 is 0 Å². The van der Waals surface area contributed by atoms with Crippen molar-refractivity contribution in [1.29, 1.82) is 0 Å². The molecular weight excluding hydrogens is 416 g/mol. The molecule has 0 saturated carbocycles. The molecule has 0 bridgehead atoms. The van der Waals surface area contributed by atoms with Crippen molar-refractivity contribution in [3.8, 4) is 16.5 Å². The Balaban J connectivity index is 1.44. The number of piperidine rings is 1. The van der Waals surface area contributed by atoms with Crippen molar-refractivity contribution in [2.24, 2.45) is 0 Å². The Morgan fingerprint density at radius 3 is 2.57 bits per heavy atom. The molecule has 5 rings (SSSR count). The molecule has 1 aliphatic heterocycles. The van der Waals surface area contributed by atoms with Gasteiger partial charge in [-0.25, -0.2) is 0 Å². The van der Waals surface area contributed by atoms with Crippen molar-refractivity contribution in [1.82, 2.24) is 25.0 Å². The lowest BCUT2D eigenvalue weighted by Gasteiger charge is -2.27. The van der Waals surface area contributed by atoms with Gasteiger partial charge in [0.1, 0.15) is 0 Å². The molecule has 0 amide bonds. The number of benzene rings is 1. The molecule has 3 aromatic heterocycles. The van der Waals surface area contributed by atoms with Crippen LogP contribution in [0, 0.1) is 0 Å². The van der Waals surface area contributed by atoms with Crippen LogP contribution in [0.4, 0.5) is 5.95 Å². The quantitative estimate of drug-likeness (QED) is 0.382. The third kappa shape index (κ3) is 3.87. The van der Waals surface area contributed by atoms with Crippen LogP contribution < -0.4 is 4.90 Å². The van der Waals surface area contributed by atoms with Gasteiger partial charge in [0, 0.05) is 13.1 Å². The second-order valence-corrected chi connectivity index (χ2v) is 9.44. The maximum atomic E-state index is 5.93. The fraction of sp³-hybridized carbons (Fsp3) is 0.333. The average molecular weight is 439 g/mol. The van der Waals surface area contributed by atoms with Crippen LogP contribution in [-0.2, 0) is 0 Å². The number of hydrogen-bond acceptors (Lipinski definition) is 8. The van der Waals surface area contributed by atoms with Crippen molar-refractivity contribution < 1.29 is 4.42 Å². The smallest absolute Gasteiger partial charge is 0.257 e. The van der Waals surface area contributed by atoms with Gasteiger partial charge in [-0.05, 0) is 49.8 Å². The molecule has 30 heavy (non-hydrogen) atoms. The number of aromatic nitrogens is 5. The number of nitrogens with zero attached hydrogens (tertiary/aromatic N) is 6. The van der Waals surface area contributed by atoms with Gasteiger partial charge in [0.15, 0.2) is 5.16 Å². The maximum absolute atomic E-state index is 5.93. The van der Waals surface area contributed by atoms with Gasteiger partial charge in [-0.3, -0.25) is 4.57 Å². The molecule has 154 valence electrons. The summed E-state index contributed by atoms with van der Waals surface area (Å²) in [5.41, 5.74) is 1.06. The first kappa shape index (κ1) is 19.3. The van der Waals surface area contributed by atoms with Crippen LogP contribution in [0.5, 0.6) is 0 Å². The lowest BCUT2D eigenvalue weighted by Crippen LogP contribution is -2.31. The molecular formula is C21H22N6OS2. The predicted molar refractivity (Wildman–Crippen MR) is 119 cm³/mol. The molecule has 0 unspecified atom stereocenters. The van der Waals surface area contributed by atoms with E-state index in [-0.39, 0.29) is 5.25 Å². The highest BCUT2D eigenvalue weighted by Crippen LogP contribution is 2.37. The molecule has 1 aliphatic rings. The van der Waals surface area contributed by atoms with E-state index in [0.717, 1.165) is 34.8 Å². The average Bonchev–Trinajstić information content (AvgIpc) is 3.55. The molecule has 0 N–H and O–H groups in total. The van der Waals surface area contributed by atoms with Crippen LogP contribution in [0.25, 0.3) is 16.5 Å². The molecule has 7 nitrogen and oxygen atoms in total. The Morgan fingerprint density at radius 2 is 1.80 bits per heavy atom. The van der Waals surface area contributed by atoms with Crippen molar-refractivity contribution in [2.75, 3.05) is 18.0 Å². The highest BCUT2D eigenvalue weighted by Gasteiger charge is 2.25. The summed E-state index contributed by atoms with van der Waals surface area (Å²) >= 11 is 3.17. The fourth-order valence-corrected chi connectivity index (χ4v) is 5.08. The molecule has 1 aromatic carbocycles. The normalized spacial score (nSPS) is 15.4. The summed E-state index contributed by atoms with van der Waals surface area (Å²) in [6, 6.07) is 14.2. The molecule has 9 heteroatoms. The highest BCUT2D eigenvalue weighted by atomic mass is 32.2. The zero-order chi connectivity index (χ0) is 20.3. The highest BCUT2D eigenvalue weighted by molar-refractivity contribution is 7.99. The molecule has 0 aliphatic carbocycles. The second-order valence-electron chi connectivity index (χ2n) is 7.18. The van der Waals surface area contributed by atoms with E-state index >= 15 is 0 Å². The summed E-state index contributed by atoms with van der Waals surface area (Å²) < 4.78 is 8.07. The van der Waals surface area contributed by atoms with E-state index in [2.05, 4.69) is 48.9 Å². The summed E-state index contributed by atoms with van der Waals surface area (Å²) in [6.45, 7) is 4.08. The van der Waals surface area contributed by atoms with Crippen LogP contribution in [-0.4, -0.2) is 38.1 Å². The summed E-state index contributed by atoms with van der Waals surface area (Å²) in [5.74, 6) is 2.05. The number of anilines is 1. The maximum Gasteiger partial charge on any atom is 0.257 e. The minimum absolute atomic E-state index is 0.0490. The monoisotopic (exact) mass is 438 g/mol. The van der Waals surface area contributed by atoms with Crippen molar-refractivity contribution in [3.05, 3.63) is 53.7 Å². The van der Waals surface area contributed by atoms with Gasteiger partial charge >= 0.3 is 0 Å². The lowest BCUT2D eigenvalue weighted by atomic mass is 10.1. The Hall–Kier alpha value is -2.65. The fourth-order valence-electron chi connectivity index (χ4n) is 3.55. The third-order valence-corrected chi connectivity index (χ3v) is 6.96. The van der Waals surface area contributed by atoms with Gasteiger partial charge in [-0.2, -0.15) is 0 Å². The number of rotatable bonds is 6. The first-order valence-corrected chi connectivity index (χ1v) is 11.9. The number of hydrogen-bond donors (Lipinski definition) is 0. The topological polar surface area (TPSA) is 72.9 Å². The van der Waals surface area contributed by atoms with Gasteiger partial charge in [-0.15, -0.1) is 31.7 Å². The molecule has 1 fully saturated rings. The van der Waals surface area contributed by atoms with Crippen molar-refractivity contribution in [3.63, 3.8) is 0 Å². The largest absolute Gasteiger partial charge is 0.419 e. The minimum atomic E-state index is -0.0490. The first-order valence-electron chi connectivity index (χ1n) is 10.1. The number of para-hydroxylation sites is 1. The summed E-state index contributed by atoms with van der Waals surface area (Å²) in [6.07, 6.45) is 3.65. The Labute approximate surface area is 183 Å². The van der Waals surface area contributed by atoms with Gasteiger partial charge in [0.2, 0.25) is 11.8 Å². The van der Waals surface area contributed by atoms with Gasteiger partial charge in [0.05, 0.1) is 15.8 Å². The standard InChI is InChI=1S/C21H22N6OS2/c1-15(18-22-23-19(28-18)17-11-8-14-29-17)30-21-25-24-20(26-12-6-3-7-13-26)27(21)16-9-4-2-5-10-16/h2,4-5,8-11,14-15H,3,6-7,12-13H2,1H3/t15-/m0/s1. The Bertz CT molecular complexity index is 1090. The first-order chi connectivity index (χ1) is 14.8. The van der Waals surface area contributed by atoms with Crippen LogP contribution in [0.1, 0.15) is 37.3 Å². The summed E-state index contributed by atoms with van der Waals surface area (Å²) in [4.78, 5) is 3.31. The lowest BCUT2D eigenvalue weighted by molar-refractivity contribution is 0.510. The van der Waals surface area contributed by atoms with Gasteiger partial charge < -0.3 is 9.32 Å². The Morgan fingerprint density at radius 1 is 0.967 bits per heavy atom. The van der Waals surface area contributed by atoms with Gasteiger partial charge in [0.25, 0.3) is 5.89 Å². The molecule has 4 heterocycles. The van der Waals surface area contributed by atoms with E-state index in [1.165, 1.54) is 19.3 Å². The molecule has 0 radical (unpaired) electrons. The summed E-state index contributed by atoms with van der Waals surface area (Å²) in [5, 5.41) is 20.4.